The normalized spacial score (nSPS) is 32.0. The van der Waals surface area contributed by atoms with Gasteiger partial charge in [-0.1, -0.05) is 88.7 Å². The number of hydrogen-bond acceptors (Lipinski definition) is 7. The minimum Gasteiger partial charge on any atom is -0.455 e. The number of hydrogen-bond donors (Lipinski definition) is 2. The van der Waals surface area contributed by atoms with Gasteiger partial charge in [-0.2, -0.15) is 0 Å². The molecule has 4 aliphatic heterocycles. The molecule has 0 saturated carbocycles. The van der Waals surface area contributed by atoms with Crippen LogP contribution in [0.1, 0.15) is 57.8 Å². The van der Waals surface area contributed by atoms with Crippen molar-refractivity contribution in [3.8, 4) is 0 Å². The Hall–Kier alpha value is -3.80. The zero-order valence-electron chi connectivity index (χ0n) is 28.3. The molecule has 49 heavy (non-hydrogen) atoms. The molecule has 2 aromatic rings. The lowest BCUT2D eigenvalue weighted by molar-refractivity contribution is -0.162. The highest BCUT2D eigenvalue weighted by Crippen LogP contribution is 2.59. The number of benzene rings is 2. The van der Waals surface area contributed by atoms with Crippen molar-refractivity contribution in [3.05, 3.63) is 94.5 Å². The van der Waals surface area contributed by atoms with E-state index in [0.29, 0.717) is 22.9 Å². The van der Waals surface area contributed by atoms with Crippen LogP contribution in [-0.2, 0) is 35.1 Å². The van der Waals surface area contributed by atoms with E-state index in [2.05, 4.69) is 21.2 Å². The standard InChI is InChI=1S/C38H44BrN3O7/c1-23-31(25-16-10-6-11-17-25)48-36(47)29-30-34(45)42(26(22-43)20-24-14-8-5-9-15-24)33(38(30)21-27(39)32(29)49-38)35(46)41(37(2,3)4)19-13-7-12-18-28(44)40-23/h5-11,13-17,21,23,26,29-33,43H,12,18-20,22H2,1-4H3,(H,40,44)/b13-7-/t23-,26+,29+,30-,31+,32+,33+,38-/m0/s1. The number of amides is 3. The number of halogens is 1. The molecule has 0 unspecified atom stereocenters. The first-order chi connectivity index (χ1) is 23.4. The Morgan fingerprint density at radius 1 is 0.980 bits per heavy atom. The number of aliphatic hydroxyl groups excluding tert-OH is 1. The molecule has 2 fully saturated rings. The molecule has 3 amide bonds. The Morgan fingerprint density at radius 3 is 2.31 bits per heavy atom. The highest BCUT2D eigenvalue weighted by atomic mass is 79.9. The van der Waals surface area contributed by atoms with Gasteiger partial charge in [-0.15, -0.1) is 0 Å². The van der Waals surface area contributed by atoms with Gasteiger partial charge in [0, 0.05) is 23.0 Å². The van der Waals surface area contributed by atoms with Crippen molar-refractivity contribution < 1.29 is 33.8 Å². The fourth-order valence-electron chi connectivity index (χ4n) is 7.80. The summed E-state index contributed by atoms with van der Waals surface area (Å²) in [6.45, 7) is 7.36. The van der Waals surface area contributed by atoms with Gasteiger partial charge < -0.3 is 29.7 Å². The zero-order chi connectivity index (χ0) is 35.1. The Labute approximate surface area is 295 Å². The number of carbonyl (C=O) groups is 4. The maximum atomic E-state index is 15.0. The zero-order valence-corrected chi connectivity index (χ0v) is 29.8. The van der Waals surface area contributed by atoms with Crippen LogP contribution in [0.5, 0.6) is 0 Å². The van der Waals surface area contributed by atoms with Crippen LogP contribution in [0, 0.1) is 11.8 Å². The lowest BCUT2D eigenvalue weighted by Gasteiger charge is -2.43. The molecule has 0 aliphatic carbocycles. The number of esters is 1. The minimum absolute atomic E-state index is 0.201. The number of nitrogens with one attached hydrogen (secondary N) is 1. The summed E-state index contributed by atoms with van der Waals surface area (Å²) in [6, 6.07) is 16.1. The maximum absolute atomic E-state index is 15.0. The summed E-state index contributed by atoms with van der Waals surface area (Å²) >= 11 is 3.62. The highest BCUT2D eigenvalue weighted by molar-refractivity contribution is 9.11. The van der Waals surface area contributed by atoms with Crippen LogP contribution in [-0.4, -0.2) is 87.1 Å². The van der Waals surface area contributed by atoms with Crippen LogP contribution < -0.4 is 5.32 Å². The third kappa shape index (κ3) is 6.48. The van der Waals surface area contributed by atoms with Crippen molar-refractivity contribution in [1.29, 1.82) is 0 Å². The fraction of sp³-hybridized carbons (Fsp3) is 0.474. The van der Waals surface area contributed by atoms with Gasteiger partial charge in [-0.3, -0.25) is 19.2 Å². The number of ether oxygens (including phenoxy) is 2. The number of carbonyl (C=O) groups excluding carboxylic acids is 4. The predicted molar refractivity (Wildman–Crippen MR) is 186 cm³/mol. The lowest BCUT2D eigenvalue weighted by Crippen LogP contribution is -2.61. The first-order valence-electron chi connectivity index (χ1n) is 16.9. The van der Waals surface area contributed by atoms with Gasteiger partial charge in [0.25, 0.3) is 0 Å². The Kier molecular flexibility index (Phi) is 9.90. The van der Waals surface area contributed by atoms with Gasteiger partial charge in [-0.25, -0.2) is 0 Å². The summed E-state index contributed by atoms with van der Waals surface area (Å²) in [6.07, 6.45) is 4.74. The van der Waals surface area contributed by atoms with E-state index in [4.69, 9.17) is 9.47 Å². The molecule has 0 aromatic heterocycles. The van der Waals surface area contributed by atoms with Crippen molar-refractivity contribution in [2.24, 2.45) is 11.8 Å². The molecule has 0 radical (unpaired) electrons. The molecular weight excluding hydrogens is 690 g/mol. The summed E-state index contributed by atoms with van der Waals surface area (Å²) in [5, 5.41) is 13.8. The quantitative estimate of drug-likeness (QED) is 0.348. The van der Waals surface area contributed by atoms with Crippen molar-refractivity contribution >= 4 is 39.6 Å². The van der Waals surface area contributed by atoms with Crippen LogP contribution in [0.25, 0.3) is 0 Å². The third-order valence-electron chi connectivity index (χ3n) is 10.1. The van der Waals surface area contributed by atoms with E-state index in [-0.39, 0.29) is 24.8 Å². The molecule has 11 heteroatoms. The fourth-order valence-corrected chi connectivity index (χ4v) is 8.53. The number of cyclic esters (lactones) is 1. The highest BCUT2D eigenvalue weighted by Gasteiger charge is 2.75. The molecule has 6 rings (SSSR count). The summed E-state index contributed by atoms with van der Waals surface area (Å²) in [4.78, 5) is 60.5. The summed E-state index contributed by atoms with van der Waals surface area (Å²) in [5.74, 6) is -3.84. The minimum atomic E-state index is -1.49. The summed E-state index contributed by atoms with van der Waals surface area (Å²) in [7, 11) is 0. The molecule has 260 valence electrons. The number of aliphatic hydroxyl groups is 1. The molecule has 10 nitrogen and oxygen atoms in total. The average Bonchev–Trinajstić information content (AvgIpc) is 3.66. The Morgan fingerprint density at radius 2 is 1.65 bits per heavy atom. The van der Waals surface area contributed by atoms with Crippen LogP contribution in [0.3, 0.4) is 0 Å². The van der Waals surface area contributed by atoms with Gasteiger partial charge in [0.15, 0.2) is 0 Å². The topological polar surface area (TPSA) is 125 Å². The number of nitrogens with zero attached hydrogens (tertiary/aromatic N) is 2. The molecule has 5 bridgehead atoms. The van der Waals surface area contributed by atoms with Crippen LogP contribution in [0.2, 0.25) is 0 Å². The Balaban J connectivity index is 1.49. The van der Waals surface area contributed by atoms with E-state index < -0.39 is 71.8 Å². The number of rotatable bonds is 5. The van der Waals surface area contributed by atoms with E-state index in [1.807, 2.05) is 93.6 Å². The molecule has 2 N–H and O–H groups in total. The predicted octanol–water partition coefficient (Wildman–Crippen LogP) is 4.23. The van der Waals surface area contributed by atoms with E-state index in [1.165, 1.54) is 4.90 Å². The largest absolute Gasteiger partial charge is 0.455 e. The molecular formula is C38H44BrN3O7. The average molecular weight is 735 g/mol. The van der Waals surface area contributed by atoms with E-state index in [1.54, 1.807) is 17.9 Å². The van der Waals surface area contributed by atoms with Crippen molar-refractivity contribution in [1.82, 2.24) is 15.1 Å². The van der Waals surface area contributed by atoms with E-state index >= 15 is 4.79 Å². The van der Waals surface area contributed by atoms with Crippen LogP contribution in [0.4, 0.5) is 0 Å². The first-order valence-corrected chi connectivity index (χ1v) is 17.7. The van der Waals surface area contributed by atoms with Crippen LogP contribution >= 0.6 is 15.9 Å². The third-order valence-corrected chi connectivity index (χ3v) is 10.8. The SMILES string of the molecule is C[C@@H]1NC(=O)CC/C=C\CN(C(C)(C)C)C(=O)[C@H]2N([C@@H](CO)Cc3ccccc3)C(=O)[C@@H]3[C@@H](C(=O)O[C@H]1c1ccccc1)[C@@H]1O[C@@]32C=C1Br. The number of fused-ring (bicyclic) bond motifs is 2. The van der Waals surface area contributed by atoms with Crippen molar-refractivity contribution in [2.45, 2.75) is 88.4 Å². The summed E-state index contributed by atoms with van der Waals surface area (Å²) < 4.78 is 13.5. The van der Waals surface area contributed by atoms with Gasteiger partial charge in [-0.05, 0) is 57.7 Å². The molecule has 1 spiro atoms. The van der Waals surface area contributed by atoms with Gasteiger partial charge in [0.05, 0.1) is 24.6 Å². The number of allylic oxidation sites excluding steroid dienone is 1. The lowest BCUT2D eigenvalue weighted by atomic mass is 9.74. The molecule has 4 aliphatic rings. The second kappa shape index (κ2) is 13.8. The van der Waals surface area contributed by atoms with Crippen LogP contribution in [0.15, 0.2) is 83.4 Å². The maximum Gasteiger partial charge on any atom is 0.313 e. The van der Waals surface area contributed by atoms with Gasteiger partial charge in [0.2, 0.25) is 17.7 Å². The van der Waals surface area contributed by atoms with Gasteiger partial charge >= 0.3 is 5.97 Å². The second-order valence-electron chi connectivity index (χ2n) is 14.4. The van der Waals surface area contributed by atoms with Crippen molar-refractivity contribution in [3.63, 3.8) is 0 Å². The molecule has 4 heterocycles. The second-order valence-corrected chi connectivity index (χ2v) is 15.3. The molecule has 8 atom stereocenters. The Bertz CT molecular complexity index is 1640. The smallest absolute Gasteiger partial charge is 0.313 e. The summed E-state index contributed by atoms with van der Waals surface area (Å²) in [5.41, 5.74) is -0.589. The number of likely N-dealkylation sites (tertiary alicyclic amines) is 1. The first kappa shape index (κ1) is 35.0. The monoisotopic (exact) mass is 733 g/mol. The van der Waals surface area contributed by atoms with Gasteiger partial charge in [0.1, 0.15) is 29.8 Å². The van der Waals surface area contributed by atoms with Crippen molar-refractivity contribution in [2.75, 3.05) is 13.2 Å². The molecule has 2 aromatic carbocycles. The van der Waals surface area contributed by atoms with E-state index in [0.717, 1.165) is 5.56 Å². The molecule has 2 saturated heterocycles. The van der Waals surface area contributed by atoms with E-state index in [9.17, 15) is 19.5 Å².